The summed E-state index contributed by atoms with van der Waals surface area (Å²) >= 11 is 0. The van der Waals surface area contributed by atoms with E-state index in [0.29, 0.717) is 5.69 Å². The number of nitrogens with zero attached hydrogens (tertiary/aromatic N) is 5. The quantitative estimate of drug-likeness (QED) is 0.411. The molecule has 4 aromatic rings. The Balaban J connectivity index is 1.47. The largest absolute Gasteiger partial charge is 0.505 e. The second kappa shape index (κ2) is 9.80. The van der Waals surface area contributed by atoms with E-state index in [1.807, 2.05) is 50.2 Å². The minimum Gasteiger partial charge on any atom is -0.505 e. The van der Waals surface area contributed by atoms with E-state index in [-0.39, 0.29) is 17.0 Å². The zero-order chi connectivity index (χ0) is 27.2. The summed E-state index contributed by atoms with van der Waals surface area (Å²) in [7, 11) is 1.74. The summed E-state index contributed by atoms with van der Waals surface area (Å²) in [5.74, 6) is 0.161. The van der Waals surface area contributed by atoms with Crippen LogP contribution in [-0.2, 0) is 7.05 Å². The Morgan fingerprint density at radius 3 is 2.26 bits per heavy atom. The van der Waals surface area contributed by atoms with Crippen LogP contribution in [0.4, 0.5) is 5.69 Å². The van der Waals surface area contributed by atoms with Crippen LogP contribution in [-0.4, -0.2) is 55.8 Å². The average Bonchev–Trinajstić information content (AvgIpc) is 3.22. The number of piperazine rings is 1. The van der Waals surface area contributed by atoms with Crippen molar-refractivity contribution in [3.8, 4) is 33.8 Å². The molecule has 0 amide bonds. The minimum atomic E-state index is -0.0922. The number of rotatable bonds is 4. The molecule has 7 nitrogen and oxygen atoms in total. The van der Waals surface area contributed by atoms with Crippen molar-refractivity contribution < 1.29 is 5.11 Å². The monoisotopic (exact) mass is 511 g/mol. The van der Waals surface area contributed by atoms with E-state index in [0.717, 1.165) is 65.5 Å². The molecule has 2 aromatic carbocycles. The zero-order valence-corrected chi connectivity index (χ0v) is 23.2. The van der Waals surface area contributed by atoms with Crippen molar-refractivity contribution in [3.05, 3.63) is 82.7 Å². The van der Waals surface area contributed by atoms with Gasteiger partial charge >= 0.3 is 5.69 Å². The third-order valence-electron chi connectivity index (χ3n) is 7.55. The van der Waals surface area contributed by atoms with E-state index >= 15 is 0 Å². The molecule has 0 aliphatic carbocycles. The smallest absolute Gasteiger partial charge is 0.332 e. The van der Waals surface area contributed by atoms with Crippen molar-refractivity contribution in [1.82, 2.24) is 19.0 Å². The molecule has 198 valence electrons. The molecule has 7 heteroatoms. The predicted octanol–water partition coefficient (Wildman–Crippen LogP) is 5.15. The molecular weight excluding hydrogens is 474 g/mol. The highest BCUT2D eigenvalue weighted by atomic mass is 16.3. The lowest BCUT2D eigenvalue weighted by Crippen LogP contribution is -2.53. The molecule has 0 unspecified atom stereocenters. The molecule has 3 heterocycles. The van der Waals surface area contributed by atoms with Crippen LogP contribution in [0, 0.1) is 13.8 Å². The van der Waals surface area contributed by atoms with E-state index in [9.17, 15) is 9.90 Å². The van der Waals surface area contributed by atoms with Crippen LogP contribution in [0.1, 0.15) is 32.0 Å². The molecule has 1 aliphatic heterocycles. The highest BCUT2D eigenvalue weighted by molar-refractivity contribution is 5.81. The first-order valence-electron chi connectivity index (χ1n) is 13.2. The molecule has 0 radical (unpaired) electrons. The van der Waals surface area contributed by atoms with Gasteiger partial charge in [-0.15, -0.1) is 0 Å². The number of benzene rings is 2. The molecule has 38 heavy (non-hydrogen) atoms. The van der Waals surface area contributed by atoms with Crippen molar-refractivity contribution >= 4 is 5.69 Å². The van der Waals surface area contributed by atoms with Crippen molar-refractivity contribution in [1.29, 1.82) is 0 Å². The standard InChI is InChI=1S/C31H37N5O2/c1-21-18-23(10-11-27(21)36-17-12-33(6)30(36)38)26-19-22(2)32-28(29(26)37)24-8-7-9-25(20-24)34-13-15-35(16-14-34)31(3,4)5/h7-12,17-20,37H,13-16H2,1-6H3. The molecule has 0 spiro atoms. The van der Waals surface area contributed by atoms with Gasteiger partial charge in [-0.05, 0) is 76.1 Å². The van der Waals surface area contributed by atoms with Gasteiger partial charge in [0, 0.05) is 73.7 Å². The number of hydrogen-bond donors (Lipinski definition) is 1. The van der Waals surface area contributed by atoms with Crippen molar-refractivity contribution in [2.75, 3.05) is 31.1 Å². The number of aromatic nitrogens is 3. The second-order valence-electron chi connectivity index (χ2n) is 11.3. The highest BCUT2D eigenvalue weighted by Gasteiger charge is 2.26. The van der Waals surface area contributed by atoms with Crippen LogP contribution in [0.3, 0.4) is 0 Å². The summed E-state index contributed by atoms with van der Waals surface area (Å²) in [6.45, 7) is 14.7. The van der Waals surface area contributed by atoms with Gasteiger partial charge in [-0.2, -0.15) is 0 Å². The molecule has 1 fully saturated rings. The average molecular weight is 512 g/mol. The Bertz CT molecular complexity index is 1530. The summed E-state index contributed by atoms with van der Waals surface area (Å²) in [4.78, 5) is 22.1. The number of aryl methyl sites for hydroxylation is 3. The van der Waals surface area contributed by atoms with E-state index in [4.69, 9.17) is 4.98 Å². The predicted molar refractivity (Wildman–Crippen MR) is 154 cm³/mol. The Labute approximate surface area is 224 Å². The third-order valence-corrected chi connectivity index (χ3v) is 7.55. The molecule has 0 bridgehead atoms. The van der Waals surface area contributed by atoms with Gasteiger partial charge in [0.1, 0.15) is 11.4 Å². The van der Waals surface area contributed by atoms with Crippen LogP contribution in [0.5, 0.6) is 5.75 Å². The van der Waals surface area contributed by atoms with Crippen LogP contribution in [0.25, 0.3) is 28.1 Å². The lowest BCUT2D eigenvalue weighted by molar-refractivity contribution is 0.128. The van der Waals surface area contributed by atoms with Gasteiger partial charge in [0.2, 0.25) is 0 Å². The number of pyridine rings is 1. The van der Waals surface area contributed by atoms with Crippen LogP contribution in [0.15, 0.2) is 65.7 Å². The van der Waals surface area contributed by atoms with Crippen molar-refractivity contribution in [2.24, 2.45) is 7.05 Å². The molecular formula is C31H37N5O2. The normalized spacial score (nSPS) is 14.7. The summed E-state index contributed by atoms with van der Waals surface area (Å²) in [6, 6.07) is 16.1. The Kier molecular flexibility index (Phi) is 6.65. The SMILES string of the molecule is Cc1cc(-c2ccc(-n3ccn(C)c3=O)c(C)c2)c(O)c(-c2cccc(N3CCN(C(C)(C)C)CC3)c2)n1. The Morgan fingerprint density at radius 1 is 0.895 bits per heavy atom. The Hall–Kier alpha value is -3.84. The fourth-order valence-electron chi connectivity index (χ4n) is 5.31. The minimum absolute atomic E-state index is 0.0922. The fourth-order valence-corrected chi connectivity index (χ4v) is 5.31. The van der Waals surface area contributed by atoms with Crippen LogP contribution in [0.2, 0.25) is 0 Å². The van der Waals surface area contributed by atoms with Gasteiger partial charge in [-0.25, -0.2) is 9.78 Å². The van der Waals surface area contributed by atoms with E-state index in [2.05, 4.69) is 42.7 Å². The first-order valence-corrected chi connectivity index (χ1v) is 13.2. The second-order valence-corrected chi connectivity index (χ2v) is 11.3. The third kappa shape index (κ3) is 4.86. The summed E-state index contributed by atoms with van der Waals surface area (Å²) in [6.07, 6.45) is 3.52. The summed E-state index contributed by atoms with van der Waals surface area (Å²) < 4.78 is 3.19. The number of anilines is 1. The zero-order valence-electron chi connectivity index (χ0n) is 23.2. The van der Waals surface area contributed by atoms with Crippen molar-refractivity contribution in [3.63, 3.8) is 0 Å². The van der Waals surface area contributed by atoms with Gasteiger partial charge in [0.25, 0.3) is 0 Å². The molecule has 0 atom stereocenters. The van der Waals surface area contributed by atoms with Crippen LogP contribution < -0.4 is 10.6 Å². The lowest BCUT2D eigenvalue weighted by Gasteiger charge is -2.43. The van der Waals surface area contributed by atoms with Gasteiger partial charge in [0.15, 0.2) is 0 Å². The summed E-state index contributed by atoms with van der Waals surface area (Å²) in [5.41, 5.74) is 6.92. The van der Waals surface area contributed by atoms with Crippen molar-refractivity contribution in [2.45, 2.75) is 40.2 Å². The van der Waals surface area contributed by atoms with E-state index in [1.165, 1.54) is 0 Å². The maximum absolute atomic E-state index is 12.5. The lowest BCUT2D eigenvalue weighted by atomic mass is 9.98. The molecule has 1 aliphatic rings. The summed E-state index contributed by atoms with van der Waals surface area (Å²) in [5, 5.41) is 11.4. The van der Waals surface area contributed by atoms with Gasteiger partial charge in [-0.3, -0.25) is 9.47 Å². The van der Waals surface area contributed by atoms with Gasteiger partial charge in [0.05, 0.1) is 5.69 Å². The molecule has 0 saturated carbocycles. The number of aromatic hydroxyl groups is 1. The fraction of sp³-hybridized carbons (Fsp3) is 0.355. The Morgan fingerprint density at radius 2 is 1.63 bits per heavy atom. The van der Waals surface area contributed by atoms with Gasteiger partial charge < -0.3 is 14.6 Å². The van der Waals surface area contributed by atoms with Crippen LogP contribution >= 0.6 is 0 Å². The maximum atomic E-state index is 12.5. The number of hydrogen-bond acceptors (Lipinski definition) is 5. The first kappa shape index (κ1) is 25.8. The maximum Gasteiger partial charge on any atom is 0.332 e. The van der Waals surface area contributed by atoms with E-state index in [1.54, 1.807) is 28.6 Å². The molecule has 1 N–H and O–H groups in total. The first-order chi connectivity index (χ1) is 18.0. The molecule has 1 saturated heterocycles. The number of imidazole rings is 1. The molecule has 5 rings (SSSR count). The topological polar surface area (TPSA) is 66.5 Å². The molecule has 2 aromatic heterocycles. The highest BCUT2D eigenvalue weighted by Crippen LogP contribution is 2.39. The van der Waals surface area contributed by atoms with Gasteiger partial charge in [-0.1, -0.05) is 18.2 Å². The van der Waals surface area contributed by atoms with E-state index < -0.39 is 0 Å².